The molecule has 3 rings (SSSR count). The van der Waals surface area contributed by atoms with Gasteiger partial charge < -0.3 is 9.47 Å². The fraction of sp³-hybridized carbons (Fsp3) is 0.273. The Bertz CT molecular complexity index is 1300. The van der Waals surface area contributed by atoms with Crippen molar-refractivity contribution in [3.63, 3.8) is 0 Å². The molecule has 0 aliphatic heterocycles. The Kier molecular flexibility index (Phi) is 5.35. The first kappa shape index (κ1) is 21.4. The fourth-order valence-electron chi connectivity index (χ4n) is 3.79. The summed E-state index contributed by atoms with van der Waals surface area (Å²) in [6.07, 6.45) is 1.11. The molecular formula is C22H22N2O5S. The minimum absolute atomic E-state index is 0.282. The molecular weight excluding hydrogens is 404 g/mol. The number of hydrogen-bond acceptors (Lipinski definition) is 6. The van der Waals surface area contributed by atoms with Crippen LogP contribution in [0.4, 0.5) is 0 Å². The summed E-state index contributed by atoms with van der Waals surface area (Å²) in [4.78, 5) is 12.5. The summed E-state index contributed by atoms with van der Waals surface area (Å²) < 4.78 is 37.3. The lowest BCUT2D eigenvalue weighted by Gasteiger charge is -2.30. The van der Waals surface area contributed by atoms with Crippen LogP contribution in [0.5, 0.6) is 5.75 Å². The maximum absolute atomic E-state index is 12.8. The van der Waals surface area contributed by atoms with Gasteiger partial charge in [0.1, 0.15) is 5.75 Å². The van der Waals surface area contributed by atoms with Crippen molar-refractivity contribution in [2.75, 3.05) is 20.5 Å². The van der Waals surface area contributed by atoms with Gasteiger partial charge in [-0.2, -0.15) is 5.26 Å². The van der Waals surface area contributed by atoms with Crippen molar-refractivity contribution in [1.82, 2.24) is 3.97 Å². The van der Waals surface area contributed by atoms with E-state index in [1.807, 2.05) is 19.9 Å². The van der Waals surface area contributed by atoms with Gasteiger partial charge in [0.2, 0.25) is 10.0 Å². The van der Waals surface area contributed by atoms with Crippen molar-refractivity contribution in [1.29, 1.82) is 5.26 Å². The van der Waals surface area contributed by atoms with Gasteiger partial charge in [-0.1, -0.05) is 26.0 Å². The van der Waals surface area contributed by atoms with Gasteiger partial charge in [-0.05, 0) is 30.3 Å². The van der Waals surface area contributed by atoms with E-state index in [4.69, 9.17) is 9.47 Å². The van der Waals surface area contributed by atoms with Gasteiger partial charge in [-0.3, -0.25) is 0 Å². The van der Waals surface area contributed by atoms with E-state index >= 15 is 0 Å². The van der Waals surface area contributed by atoms with Crippen LogP contribution in [0.15, 0.2) is 42.5 Å². The van der Waals surface area contributed by atoms with Crippen molar-refractivity contribution in [3.05, 3.63) is 64.8 Å². The van der Waals surface area contributed by atoms with E-state index in [0.29, 0.717) is 33.5 Å². The standard InChI is InChI=1S/C22H22N2O5S/c1-22(2,20-16(21(25)29-4)7-6-8-18(20)28-3)19-12-15-10-9-14(13-23)11-17(15)24(19)30(5,26)27/h6-12H,1-5H3. The van der Waals surface area contributed by atoms with Crippen LogP contribution in [-0.2, 0) is 20.2 Å². The Morgan fingerprint density at radius 2 is 1.83 bits per heavy atom. The topological polar surface area (TPSA) is 98.4 Å². The Morgan fingerprint density at radius 1 is 1.13 bits per heavy atom. The van der Waals surface area contributed by atoms with Crippen LogP contribution < -0.4 is 4.74 Å². The Morgan fingerprint density at radius 3 is 2.40 bits per heavy atom. The quantitative estimate of drug-likeness (QED) is 0.580. The Labute approximate surface area is 175 Å². The van der Waals surface area contributed by atoms with Crippen molar-refractivity contribution in [2.45, 2.75) is 19.3 Å². The van der Waals surface area contributed by atoms with Crippen LogP contribution in [0.25, 0.3) is 10.9 Å². The van der Waals surface area contributed by atoms with Crippen molar-refractivity contribution >= 4 is 26.9 Å². The number of esters is 1. The summed E-state index contributed by atoms with van der Waals surface area (Å²) in [7, 11) is -0.966. The molecule has 7 nitrogen and oxygen atoms in total. The van der Waals surface area contributed by atoms with Crippen molar-refractivity contribution in [2.24, 2.45) is 0 Å². The number of nitrogens with zero attached hydrogens (tertiary/aromatic N) is 2. The number of carbonyl (C=O) groups is 1. The molecule has 0 atom stereocenters. The molecule has 0 bridgehead atoms. The molecule has 0 unspecified atom stereocenters. The van der Waals surface area contributed by atoms with E-state index in [2.05, 4.69) is 0 Å². The van der Waals surface area contributed by atoms with Crippen LogP contribution >= 0.6 is 0 Å². The Balaban J connectivity index is 2.44. The second-order valence-corrected chi connectivity index (χ2v) is 9.27. The molecule has 0 aliphatic carbocycles. The van der Waals surface area contributed by atoms with Gasteiger partial charge in [-0.15, -0.1) is 0 Å². The minimum atomic E-state index is -3.74. The van der Waals surface area contributed by atoms with E-state index in [9.17, 15) is 18.5 Å². The lowest BCUT2D eigenvalue weighted by Crippen LogP contribution is -2.29. The zero-order valence-electron chi connectivity index (χ0n) is 17.4. The highest BCUT2D eigenvalue weighted by atomic mass is 32.2. The van der Waals surface area contributed by atoms with Crippen LogP contribution in [0.3, 0.4) is 0 Å². The summed E-state index contributed by atoms with van der Waals surface area (Å²) in [5, 5.41) is 9.92. The molecule has 30 heavy (non-hydrogen) atoms. The lowest BCUT2D eigenvalue weighted by molar-refractivity contribution is 0.0597. The molecule has 156 valence electrons. The van der Waals surface area contributed by atoms with E-state index in [1.165, 1.54) is 18.2 Å². The van der Waals surface area contributed by atoms with Gasteiger partial charge >= 0.3 is 5.97 Å². The molecule has 8 heteroatoms. The molecule has 1 heterocycles. The maximum Gasteiger partial charge on any atom is 0.338 e. The molecule has 0 saturated heterocycles. The molecule has 0 saturated carbocycles. The minimum Gasteiger partial charge on any atom is -0.496 e. The predicted octanol–water partition coefficient (Wildman–Crippen LogP) is 3.44. The van der Waals surface area contributed by atoms with Crippen LogP contribution in [0, 0.1) is 11.3 Å². The smallest absolute Gasteiger partial charge is 0.338 e. The van der Waals surface area contributed by atoms with E-state index < -0.39 is 21.4 Å². The van der Waals surface area contributed by atoms with Crippen molar-refractivity contribution < 1.29 is 22.7 Å². The average Bonchev–Trinajstić information content (AvgIpc) is 3.12. The molecule has 0 aliphatic rings. The molecule has 3 aromatic rings. The number of benzene rings is 2. The highest BCUT2D eigenvalue weighted by molar-refractivity contribution is 7.89. The van der Waals surface area contributed by atoms with Crippen LogP contribution in [-0.4, -0.2) is 38.8 Å². The first-order valence-corrected chi connectivity index (χ1v) is 10.9. The van der Waals surface area contributed by atoms with Crippen LogP contribution in [0.1, 0.15) is 41.0 Å². The summed E-state index contributed by atoms with van der Waals surface area (Å²) in [5.74, 6) is -0.114. The third-order valence-corrected chi connectivity index (χ3v) is 6.19. The number of rotatable bonds is 5. The molecule has 0 N–H and O–H groups in total. The Hall–Kier alpha value is -3.31. The summed E-state index contributed by atoms with van der Waals surface area (Å²) in [6.45, 7) is 3.64. The summed E-state index contributed by atoms with van der Waals surface area (Å²) >= 11 is 0. The molecule has 1 aromatic heterocycles. The average molecular weight is 426 g/mol. The summed E-state index contributed by atoms with van der Waals surface area (Å²) in [5.41, 5.74) is 1.00. The molecule has 0 fully saturated rings. The highest BCUT2D eigenvalue weighted by Gasteiger charge is 2.36. The monoisotopic (exact) mass is 426 g/mol. The largest absolute Gasteiger partial charge is 0.496 e. The molecule has 0 radical (unpaired) electrons. The van der Waals surface area contributed by atoms with Gasteiger partial charge in [0.25, 0.3) is 0 Å². The normalized spacial score (nSPS) is 11.9. The number of fused-ring (bicyclic) bond motifs is 1. The van der Waals surface area contributed by atoms with Crippen LogP contribution in [0.2, 0.25) is 0 Å². The first-order chi connectivity index (χ1) is 14.1. The highest BCUT2D eigenvalue weighted by Crippen LogP contribution is 2.42. The number of hydrogen-bond donors (Lipinski definition) is 0. The fourth-order valence-corrected chi connectivity index (χ4v) is 4.95. The number of aromatic nitrogens is 1. The molecule has 0 amide bonds. The maximum atomic E-state index is 12.8. The zero-order chi connectivity index (χ0) is 22.3. The molecule has 0 spiro atoms. The van der Waals surface area contributed by atoms with Gasteiger partial charge in [0, 0.05) is 22.1 Å². The second kappa shape index (κ2) is 7.50. The number of methoxy groups -OCH3 is 2. The second-order valence-electron chi connectivity index (χ2n) is 7.44. The predicted molar refractivity (Wildman–Crippen MR) is 113 cm³/mol. The summed E-state index contributed by atoms with van der Waals surface area (Å²) in [6, 6.07) is 13.7. The van der Waals surface area contributed by atoms with Gasteiger partial charge in [0.15, 0.2) is 0 Å². The number of ether oxygens (including phenoxy) is 2. The van der Waals surface area contributed by atoms with Gasteiger partial charge in [-0.25, -0.2) is 17.2 Å². The zero-order valence-corrected chi connectivity index (χ0v) is 18.2. The number of carbonyl (C=O) groups excluding carboxylic acids is 1. The van der Waals surface area contributed by atoms with Gasteiger partial charge in [0.05, 0.1) is 43.2 Å². The third-order valence-electron chi connectivity index (χ3n) is 5.14. The number of nitriles is 1. The van der Waals surface area contributed by atoms with Crippen molar-refractivity contribution in [3.8, 4) is 11.8 Å². The van der Waals surface area contributed by atoms with E-state index in [0.717, 1.165) is 6.26 Å². The third kappa shape index (κ3) is 3.42. The lowest BCUT2D eigenvalue weighted by atomic mass is 9.78. The SMILES string of the molecule is COC(=O)c1cccc(OC)c1C(C)(C)c1cc2ccc(C#N)cc2n1S(C)(=O)=O. The van der Waals surface area contributed by atoms with E-state index in [-0.39, 0.29) is 5.56 Å². The van der Waals surface area contributed by atoms with E-state index in [1.54, 1.807) is 42.5 Å². The molecule has 2 aromatic carbocycles. The first-order valence-electron chi connectivity index (χ1n) is 9.08.